The van der Waals surface area contributed by atoms with Crippen LogP contribution in [0.25, 0.3) is 5.69 Å². The van der Waals surface area contributed by atoms with Crippen molar-refractivity contribution in [2.75, 3.05) is 23.9 Å². The molecule has 1 aliphatic rings. The van der Waals surface area contributed by atoms with Crippen LogP contribution in [0.1, 0.15) is 40.3 Å². The van der Waals surface area contributed by atoms with Crippen LogP contribution in [0.3, 0.4) is 0 Å². The van der Waals surface area contributed by atoms with E-state index in [1.165, 1.54) is 7.11 Å². The highest BCUT2D eigenvalue weighted by atomic mass is 79.9. The molecule has 7 nitrogen and oxygen atoms in total. The number of halogens is 1. The normalized spacial score (nSPS) is 16.8. The van der Waals surface area contributed by atoms with Crippen LogP contribution in [0.4, 0.5) is 11.4 Å². The minimum absolute atomic E-state index is 0.00311. The zero-order chi connectivity index (χ0) is 27.7. The van der Waals surface area contributed by atoms with Gasteiger partial charge >= 0.3 is 0 Å². The monoisotopic (exact) mass is 603 g/mol. The molecule has 5 rings (SSSR count). The maximum Gasteiger partial charge on any atom is 0.250 e. The molecule has 0 spiro atoms. The van der Waals surface area contributed by atoms with Crippen molar-refractivity contribution in [1.82, 2.24) is 14.9 Å². The second-order valence-corrected chi connectivity index (χ2v) is 10.9. The van der Waals surface area contributed by atoms with Crippen molar-refractivity contribution in [2.45, 2.75) is 32.9 Å². The molecule has 1 amide bonds. The number of amides is 1. The lowest BCUT2D eigenvalue weighted by atomic mass is 9.96. The van der Waals surface area contributed by atoms with E-state index in [4.69, 9.17) is 17.0 Å². The largest absolute Gasteiger partial charge is 0.375 e. The van der Waals surface area contributed by atoms with Crippen LogP contribution in [-0.2, 0) is 9.53 Å². The highest BCUT2D eigenvalue weighted by molar-refractivity contribution is 9.10. The average molecular weight is 605 g/mol. The Kier molecular flexibility index (Phi) is 7.83. The second-order valence-electron chi connectivity index (χ2n) is 9.62. The number of carbonyl (C=O) groups is 1. The third-order valence-electron chi connectivity index (χ3n) is 7.01. The number of rotatable bonds is 7. The number of hydrogen-bond donors (Lipinski definition) is 2. The highest BCUT2D eigenvalue weighted by Gasteiger charge is 2.42. The molecule has 0 unspecified atom stereocenters. The number of pyridine rings is 1. The lowest BCUT2D eigenvalue weighted by Gasteiger charge is -2.29. The minimum Gasteiger partial charge on any atom is -0.375 e. The topological polar surface area (TPSA) is 71.4 Å². The molecule has 0 bridgehead atoms. The number of nitrogens with zero attached hydrogens (tertiary/aromatic N) is 3. The summed E-state index contributed by atoms with van der Waals surface area (Å²) in [7, 11) is 1.50. The van der Waals surface area contributed by atoms with Gasteiger partial charge in [0.2, 0.25) is 5.91 Å². The molecule has 4 aromatic rings. The predicted molar refractivity (Wildman–Crippen MR) is 163 cm³/mol. The lowest BCUT2D eigenvalue weighted by Crippen LogP contribution is -2.29. The van der Waals surface area contributed by atoms with Crippen LogP contribution in [0.15, 0.2) is 77.4 Å². The molecule has 1 saturated heterocycles. The molecule has 0 radical (unpaired) electrons. The fourth-order valence-corrected chi connectivity index (χ4v) is 5.89. The molecule has 0 aliphatic carbocycles. The smallest absolute Gasteiger partial charge is 0.250 e. The molecule has 3 heterocycles. The van der Waals surface area contributed by atoms with Crippen LogP contribution < -0.4 is 15.5 Å². The predicted octanol–water partition coefficient (Wildman–Crippen LogP) is 6.32. The first-order valence-electron chi connectivity index (χ1n) is 12.6. The molecule has 1 fully saturated rings. The van der Waals surface area contributed by atoms with Crippen molar-refractivity contribution < 1.29 is 9.53 Å². The molecular formula is C30H30BrN5O2S. The Bertz CT molecular complexity index is 1520. The summed E-state index contributed by atoms with van der Waals surface area (Å²) in [5.74, 6) is -0.194. The van der Waals surface area contributed by atoms with Crippen LogP contribution in [0.5, 0.6) is 0 Å². The molecule has 9 heteroatoms. The summed E-state index contributed by atoms with van der Waals surface area (Å²) >= 11 is 9.48. The number of hydrogen-bond acceptors (Lipinski definition) is 4. The van der Waals surface area contributed by atoms with Gasteiger partial charge in [-0.3, -0.25) is 9.78 Å². The van der Waals surface area contributed by atoms with E-state index in [-0.39, 0.29) is 24.6 Å². The number of thiocarbonyl (C=S) groups is 1. The van der Waals surface area contributed by atoms with E-state index in [0.717, 1.165) is 49.7 Å². The Morgan fingerprint density at radius 3 is 2.49 bits per heavy atom. The lowest BCUT2D eigenvalue weighted by molar-refractivity contribution is -0.119. The quantitative estimate of drug-likeness (QED) is 0.241. The summed E-state index contributed by atoms with van der Waals surface area (Å²) in [6.45, 7) is 6.26. The number of nitrogens with one attached hydrogen (secondary N) is 2. The first kappa shape index (κ1) is 27.1. The van der Waals surface area contributed by atoms with E-state index in [2.05, 4.69) is 91.3 Å². The van der Waals surface area contributed by atoms with Gasteiger partial charge in [-0.15, -0.1) is 0 Å². The minimum atomic E-state index is -0.194. The Balaban J connectivity index is 1.60. The third kappa shape index (κ3) is 5.34. The van der Waals surface area contributed by atoms with E-state index in [1.807, 2.05) is 43.5 Å². The van der Waals surface area contributed by atoms with E-state index >= 15 is 0 Å². The molecule has 2 atom stereocenters. The van der Waals surface area contributed by atoms with Gasteiger partial charge in [0.05, 0.1) is 17.8 Å². The van der Waals surface area contributed by atoms with Gasteiger partial charge in [0.15, 0.2) is 5.11 Å². The number of aryl methyl sites for hydroxylation is 2. The van der Waals surface area contributed by atoms with Crippen LogP contribution in [-0.4, -0.2) is 34.3 Å². The van der Waals surface area contributed by atoms with Crippen molar-refractivity contribution in [3.8, 4) is 5.69 Å². The molecule has 2 N–H and O–H groups in total. The summed E-state index contributed by atoms with van der Waals surface area (Å²) in [5.41, 5.74) is 8.06. The number of anilines is 2. The molecular weight excluding hydrogens is 574 g/mol. The van der Waals surface area contributed by atoms with Gasteiger partial charge in [0, 0.05) is 46.2 Å². The van der Waals surface area contributed by atoms with Crippen molar-refractivity contribution in [3.63, 3.8) is 0 Å². The van der Waals surface area contributed by atoms with E-state index in [9.17, 15) is 4.79 Å². The van der Waals surface area contributed by atoms with Gasteiger partial charge in [-0.25, -0.2) is 0 Å². The molecule has 39 heavy (non-hydrogen) atoms. The van der Waals surface area contributed by atoms with Gasteiger partial charge in [0.25, 0.3) is 0 Å². The van der Waals surface area contributed by atoms with Crippen LogP contribution in [0.2, 0.25) is 0 Å². The number of methoxy groups -OCH3 is 1. The van der Waals surface area contributed by atoms with Crippen molar-refractivity contribution in [3.05, 3.63) is 106 Å². The van der Waals surface area contributed by atoms with E-state index in [1.54, 1.807) is 0 Å². The SMILES string of the molecule is COCC(=O)Nc1ccc(N2C(=S)N[C@H](c3ccccn3)[C@H]2c2cc(C)n(-c3ccc(Br)cc3)c2C)cc1C. The summed E-state index contributed by atoms with van der Waals surface area (Å²) in [6.07, 6.45) is 1.81. The molecule has 200 valence electrons. The molecule has 2 aromatic heterocycles. The zero-order valence-corrected chi connectivity index (χ0v) is 24.6. The summed E-state index contributed by atoms with van der Waals surface area (Å²) in [5, 5.41) is 7.08. The number of ether oxygens (including phenoxy) is 1. The highest BCUT2D eigenvalue weighted by Crippen LogP contribution is 2.44. The van der Waals surface area contributed by atoms with Gasteiger partial charge in [-0.1, -0.05) is 22.0 Å². The first-order valence-corrected chi connectivity index (χ1v) is 13.8. The molecule has 0 saturated carbocycles. The van der Waals surface area contributed by atoms with Crippen LogP contribution >= 0.6 is 28.1 Å². The first-order chi connectivity index (χ1) is 18.8. The molecule has 1 aliphatic heterocycles. The van der Waals surface area contributed by atoms with Crippen LogP contribution in [0, 0.1) is 20.8 Å². The summed E-state index contributed by atoms with van der Waals surface area (Å²) in [4.78, 5) is 19.0. The third-order valence-corrected chi connectivity index (χ3v) is 7.85. The Hall–Kier alpha value is -3.53. The fourth-order valence-electron chi connectivity index (χ4n) is 5.28. The fraction of sp³-hybridized carbons (Fsp3) is 0.233. The van der Waals surface area contributed by atoms with E-state index in [0.29, 0.717) is 5.11 Å². The van der Waals surface area contributed by atoms with E-state index < -0.39 is 0 Å². The maximum atomic E-state index is 12.1. The Labute approximate surface area is 242 Å². The number of benzene rings is 2. The molecule has 2 aromatic carbocycles. The summed E-state index contributed by atoms with van der Waals surface area (Å²) < 4.78 is 8.27. The average Bonchev–Trinajstić information content (AvgIpc) is 3.41. The maximum absolute atomic E-state index is 12.1. The van der Waals surface area contributed by atoms with Gasteiger partial charge in [-0.05, 0) is 105 Å². The van der Waals surface area contributed by atoms with Gasteiger partial charge in [-0.2, -0.15) is 0 Å². The standard InChI is InChI=1S/C30H30BrN5O2S/c1-18-15-23(12-13-25(18)33-27(37)17-38-4)36-29(28(34-30(36)39)26-7-5-6-14-32-26)24-16-19(2)35(20(24)3)22-10-8-21(31)9-11-22/h5-16,28-29H,17H2,1-4H3,(H,33,37)(H,34,39)/t28-,29-/m1/s1. The zero-order valence-electron chi connectivity index (χ0n) is 22.2. The van der Waals surface area contributed by atoms with Crippen molar-refractivity contribution in [2.24, 2.45) is 0 Å². The van der Waals surface area contributed by atoms with Gasteiger partial charge < -0.3 is 24.8 Å². The van der Waals surface area contributed by atoms with Crippen molar-refractivity contribution >= 4 is 50.5 Å². The van der Waals surface area contributed by atoms with Gasteiger partial charge in [0.1, 0.15) is 6.61 Å². The summed E-state index contributed by atoms with van der Waals surface area (Å²) in [6, 6.07) is 22.2. The van der Waals surface area contributed by atoms with Crippen molar-refractivity contribution in [1.29, 1.82) is 0 Å². The second kappa shape index (κ2) is 11.3. The number of carbonyl (C=O) groups excluding carboxylic acids is 1. The number of aromatic nitrogens is 2. The Morgan fingerprint density at radius 1 is 1.08 bits per heavy atom. The Morgan fingerprint density at radius 2 is 1.82 bits per heavy atom.